The van der Waals surface area contributed by atoms with Crippen molar-refractivity contribution < 1.29 is 4.79 Å². The van der Waals surface area contributed by atoms with Crippen molar-refractivity contribution in [2.45, 2.75) is 38.3 Å². The van der Waals surface area contributed by atoms with Crippen LogP contribution in [0.3, 0.4) is 0 Å². The molecule has 21 heavy (non-hydrogen) atoms. The molecule has 3 fully saturated rings. The SMILES string of the molecule is CCC(=O)N1N=C2C3CCN(CC3)[C@H]2[C@@H]1c1ccccc1. The number of benzene rings is 1. The highest BCUT2D eigenvalue weighted by molar-refractivity contribution is 5.97. The molecule has 2 bridgehead atoms. The molecule has 4 aliphatic heterocycles. The third-order valence-corrected chi connectivity index (χ3v) is 5.13. The topological polar surface area (TPSA) is 35.9 Å². The Morgan fingerprint density at radius 3 is 2.57 bits per heavy atom. The molecular weight excluding hydrogens is 262 g/mol. The monoisotopic (exact) mass is 283 g/mol. The van der Waals surface area contributed by atoms with Crippen LogP contribution in [0.4, 0.5) is 0 Å². The Hall–Kier alpha value is -1.68. The highest BCUT2D eigenvalue weighted by atomic mass is 16.2. The molecule has 3 saturated heterocycles. The van der Waals surface area contributed by atoms with E-state index in [0.29, 0.717) is 18.4 Å². The average Bonchev–Trinajstić information content (AvgIpc) is 2.98. The van der Waals surface area contributed by atoms with Crippen LogP contribution < -0.4 is 0 Å². The number of piperidine rings is 3. The Bertz CT molecular complexity index is 575. The van der Waals surface area contributed by atoms with Gasteiger partial charge in [0, 0.05) is 12.3 Å². The summed E-state index contributed by atoms with van der Waals surface area (Å²) in [6.07, 6.45) is 2.91. The summed E-state index contributed by atoms with van der Waals surface area (Å²) in [4.78, 5) is 14.9. The second-order valence-electron chi connectivity index (χ2n) is 6.23. The molecule has 2 atom stereocenters. The van der Waals surface area contributed by atoms with Crippen LogP contribution in [-0.4, -0.2) is 40.7 Å². The molecular formula is C17H21N3O. The predicted octanol–water partition coefficient (Wildman–Crippen LogP) is 2.43. The van der Waals surface area contributed by atoms with E-state index in [-0.39, 0.29) is 11.9 Å². The quantitative estimate of drug-likeness (QED) is 0.835. The molecule has 5 rings (SSSR count). The Morgan fingerprint density at radius 1 is 1.19 bits per heavy atom. The van der Waals surface area contributed by atoms with E-state index in [1.54, 1.807) is 5.01 Å². The number of carbonyl (C=O) groups excluding carboxylic acids is 1. The fraction of sp³-hybridized carbons (Fsp3) is 0.529. The zero-order valence-corrected chi connectivity index (χ0v) is 12.4. The normalized spacial score (nSPS) is 33.8. The zero-order chi connectivity index (χ0) is 14.4. The van der Waals surface area contributed by atoms with E-state index in [2.05, 4.69) is 29.2 Å². The molecule has 4 heteroatoms. The van der Waals surface area contributed by atoms with Gasteiger partial charge in [-0.2, -0.15) is 5.10 Å². The van der Waals surface area contributed by atoms with Crippen molar-refractivity contribution in [1.29, 1.82) is 0 Å². The van der Waals surface area contributed by atoms with E-state index in [0.717, 1.165) is 13.1 Å². The Balaban J connectivity index is 1.77. The minimum Gasteiger partial charge on any atom is -0.293 e. The van der Waals surface area contributed by atoms with E-state index >= 15 is 0 Å². The third kappa shape index (κ3) is 1.93. The first-order valence-corrected chi connectivity index (χ1v) is 7.99. The lowest BCUT2D eigenvalue weighted by Crippen LogP contribution is -2.56. The van der Waals surface area contributed by atoms with E-state index in [9.17, 15) is 4.79 Å². The number of hydrazone groups is 1. The van der Waals surface area contributed by atoms with Crippen molar-refractivity contribution in [2.75, 3.05) is 13.1 Å². The fourth-order valence-corrected chi connectivity index (χ4v) is 4.07. The minimum atomic E-state index is 0.0664. The molecule has 0 saturated carbocycles. The van der Waals surface area contributed by atoms with E-state index in [1.165, 1.54) is 24.1 Å². The number of rotatable bonds is 2. The summed E-state index contributed by atoms with van der Waals surface area (Å²) in [5.74, 6) is 0.715. The van der Waals surface area contributed by atoms with Gasteiger partial charge < -0.3 is 0 Å². The van der Waals surface area contributed by atoms with Gasteiger partial charge in [-0.15, -0.1) is 0 Å². The average molecular weight is 283 g/mol. The number of carbonyl (C=O) groups is 1. The molecule has 1 aromatic rings. The molecule has 0 radical (unpaired) electrons. The van der Waals surface area contributed by atoms with Crippen molar-refractivity contribution in [3.8, 4) is 0 Å². The Labute approximate surface area is 125 Å². The molecule has 110 valence electrons. The van der Waals surface area contributed by atoms with Crippen LogP contribution >= 0.6 is 0 Å². The number of fused-ring (bicyclic) bond motifs is 2. The van der Waals surface area contributed by atoms with Crippen LogP contribution in [0.2, 0.25) is 0 Å². The lowest BCUT2D eigenvalue weighted by Gasteiger charge is -2.46. The maximum atomic E-state index is 12.4. The second-order valence-corrected chi connectivity index (χ2v) is 6.23. The van der Waals surface area contributed by atoms with Gasteiger partial charge in [-0.3, -0.25) is 9.69 Å². The lowest BCUT2D eigenvalue weighted by atomic mass is 9.78. The van der Waals surface area contributed by atoms with Crippen molar-refractivity contribution in [1.82, 2.24) is 9.91 Å². The summed E-state index contributed by atoms with van der Waals surface area (Å²) in [5.41, 5.74) is 2.46. The Kier molecular flexibility index (Phi) is 3.07. The molecule has 1 amide bonds. The largest absolute Gasteiger partial charge is 0.293 e. The molecule has 0 aromatic heterocycles. The maximum Gasteiger partial charge on any atom is 0.243 e. The summed E-state index contributed by atoms with van der Waals surface area (Å²) in [6.45, 7) is 4.21. The van der Waals surface area contributed by atoms with Gasteiger partial charge in [0.25, 0.3) is 0 Å². The van der Waals surface area contributed by atoms with Crippen LogP contribution in [0.15, 0.2) is 35.4 Å². The van der Waals surface area contributed by atoms with Crippen molar-refractivity contribution in [3.63, 3.8) is 0 Å². The van der Waals surface area contributed by atoms with E-state index < -0.39 is 0 Å². The number of hydrogen-bond donors (Lipinski definition) is 0. The summed E-state index contributed by atoms with van der Waals surface area (Å²) in [6, 6.07) is 10.8. The highest BCUT2D eigenvalue weighted by Crippen LogP contribution is 2.43. The molecule has 0 aliphatic carbocycles. The van der Waals surface area contributed by atoms with Gasteiger partial charge in [-0.05, 0) is 31.5 Å². The number of nitrogens with zero attached hydrogens (tertiary/aromatic N) is 3. The Morgan fingerprint density at radius 2 is 1.90 bits per heavy atom. The standard InChI is InChI=1S/C17H21N3O/c1-2-14(21)20-16(13-6-4-3-5-7-13)17-15(18-20)12-8-10-19(17)11-9-12/h3-7,12,16-17H,2,8-11H2,1H3/t16-,17+/m0/s1. The molecule has 4 aliphatic rings. The van der Waals surface area contributed by atoms with Gasteiger partial charge in [0.1, 0.15) is 6.04 Å². The maximum absolute atomic E-state index is 12.4. The van der Waals surface area contributed by atoms with Gasteiger partial charge >= 0.3 is 0 Å². The third-order valence-electron chi connectivity index (χ3n) is 5.13. The zero-order valence-electron chi connectivity index (χ0n) is 12.4. The highest BCUT2D eigenvalue weighted by Gasteiger charge is 2.50. The van der Waals surface area contributed by atoms with E-state index in [4.69, 9.17) is 5.10 Å². The molecule has 0 spiro atoms. The van der Waals surface area contributed by atoms with E-state index in [1.807, 2.05) is 13.0 Å². The van der Waals surface area contributed by atoms with Crippen LogP contribution in [0.1, 0.15) is 37.8 Å². The van der Waals surface area contributed by atoms with Crippen molar-refractivity contribution in [3.05, 3.63) is 35.9 Å². The van der Waals surface area contributed by atoms with Crippen molar-refractivity contribution >= 4 is 11.6 Å². The van der Waals surface area contributed by atoms with Gasteiger partial charge in [0.05, 0.1) is 11.8 Å². The van der Waals surface area contributed by atoms with Crippen molar-refractivity contribution in [2.24, 2.45) is 11.0 Å². The number of hydrogen-bond acceptors (Lipinski definition) is 3. The van der Waals surface area contributed by atoms with Gasteiger partial charge in [0.15, 0.2) is 0 Å². The summed E-state index contributed by atoms with van der Waals surface area (Å²) >= 11 is 0. The van der Waals surface area contributed by atoms with Crippen LogP contribution in [0, 0.1) is 5.92 Å². The fourth-order valence-electron chi connectivity index (χ4n) is 4.07. The summed E-state index contributed by atoms with van der Waals surface area (Å²) < 4.78 is 0. The minimum absolute atomic E-state index is 0.0664. The van der Waals surface area contributed by atoms with Crippen LogP contribution in [-0.2, 0) is 4.79 Å². The van der Waals surface area contributed by atoms with Gasteiger partial charge in [-0.25, -0.2) is 5.01 Å². The first-order chi connectivity index (χ1) is 10.3. The molecule has 4 heterocycles. The first kappa shape index (κ1) is 13.0. The summed E-state index contributed by atoms with van der Waals surface area (Å²) in [5, 5.41) is 6.55. The second kappa shape index (κ2) is 4.95. The predicted molar refractivity (Wildman–Crippen MR) is 81.8 cm³/mol. The lowest BCUT2D eigenvalue weighted by molar-refractivity contribution is -0.133. The van der Waals surface area contributed by atoms with Crippen LogP contribution in [0.25, 0.3) is 0 Å². The first-order valence-electron chi connectivity index (χ1n) is 7.99. The van der Waals surface area contributed by atoms with Gasteiger partial charge in [-0.1, -0.05) is 37.3 Å². The smallest absolute Gasteiger partial charge is 0.243 e. The summed E-state index contributed by atoms with van der Waals surface area (Å²) in [7, 11) is 0. The molecule has 0 N–H and O–H groups in total. The molecule has 0 unspecified atom stereocenters. The number of amides is 1. The molecule has 4 nitrogen and oxygen atoms in total. The van der Waals surface area contributed by atoms with Crippen LogP contribution in [0.5, 0.6) is 0 Å². The van der Waals surface area contributed by atoms with Gasteiger partial charge in [0.2, 0.25) is 5.91 Å². The molecule has 1 aromatic carbocycles.